The second kappa shape index (κ2) is 13.6. The zero-order valence-corrected chi connectivity index (χ0v) is 33.6. The Hall–Kier alpha value is -8.34. The zero-order valence-electron chi connectivity index (χ0n) is 33.6. The maximum Gasteiger partial charge on any atom is 0.162 e. The molecule has 0 fully saturated rings. The Bertz CT molecular complexity index is 3860. The molecule has 62 heavy (non-hydrogen) atoms. The molecule has 0 aliphatic carbocycles. The minimum Gasteiger partial charge on any atom is -0.309 e. The number of aromatic nitrogens is 4. The Kier molecular flexibility index (Phi) is 7.57. The minimum atomic E-state index is 0.679. The lowest BCUT2D eigenvalue weighted by Crippen LogP contribution is -2.03. The van der Waals surface area contributed by atoms with Gasteiger partial charge in [-0.05, 0) is 123 Å². The van der Waals surface area contributed by atoms with Crippen molar-refractivity contribution in [1.29, 1.82) is 0 Å². The lowest BCUT2D eigenvalue weighted by molar-refractivity contribution is 1.07. The number of rotatable bonds is 5. The van der Waals surface area contributed by atoms with Gasteiger partial charge >= 0.3 is 0 Å². The molecule has 0 saturated carbocycles. The van der Waals surface area contributed by atoms with Crippen LogP contribution in [0.2, 0.25) is 0 Å². The molecular formula is C58H36N4. The lowest BCUT2D eigenvalue weighted by atomic mass is 9.96. The molecule has 0 atom stereocenters. The fourth-order valence-electron chi connectivity index (χ4n) is 9.70. The van der Waals surface area contributed by atoms with Crippen LogP contribution in [0.15, 0.2) is 218 Å². The third kappa shape index (κ3) is 5.40. The molecule has 0 saturated heterocycles. The van der Waals surface area contributed by atoms with Gasteiger partial charge in [-0.25, -0.2) is 9.97 Å². The lowest BCUT2D eigenvalue weighted by Gasteiger charge is -2.15. The van der Waals surface area contributed by atoms with E-state index in [1.54, 1.807) is 0 Å². The zero-order chi connectivity index (χ0) is 40.7. The highest BCUT2D eigenvalue weighted by molar-refractivity contribution is 6.17. The summed E-state index contributed by atoms with van der Waals surface area (Å²) < 4.78 is 4.80. The Morgan fingerprint density at radius 1 is 0.274 bits per heavy atom. The molecule has 0 spiro atoms. The first-order valence-electron chi connectivity index (χ1n) is 21.1. The van der Waals surface area contributed by atoms with Crippen LogP contribution in [-0.4, -0.2) is 19.1 Å². The number of hydrogen-bond donors (Lipinski definition) is 0. The van der Waals surface area contributed by atoms with Crippen molar-refractivity contribution in [3.8, 4) is 45.1 Å². The van der Waals surface area contributed by atoms with Crippen LogP contribution in [0.4, 0.5) is 0 Å². The van der Waals surface area contributed by atoms with Gasteiger partial charge in [0.05, 0.1) is 27.6 Å². The topological polar surface area (TPSA) is 35.6 Å². The first-order valence-corrected chi connectivity index (χ1v) is 21.1. The maximum absolute atomic E-state index is 5.59. The summed E-state index contributed by atoms with van der Waals surface area (Å²) in [6, 6.07) is 78.7. The average Bonchev–Trinajstić information content (AvgIpc) is 3.83. The van der Waals surface area contributed by atoms with Crippen molar-refractivity contribution >= 4 is 76.1 Å². The van der Waals surface area contributed by atoms with Crippen molar-refractivity contribution in [2.75, 3.05) is 0 Å². The monoisotopic (exact) mass is 788 g/mol. The van der Waals surface area contributed by atoms with Crippen molar-refractivity contribution < 1.29 is 0 Å². The quantitative estimate of drug-likeness (QED) is 0.174. The number of hydrogen-bond acceptors (Lipinski definition) is 2. The molecule has 4 nitrogen and oxygen atoms in total. The first kappa shape index (κ1) is 34.5. The summed E-state index contributed by atoms with van der Waals surface area (Å²) in [5.41, 5.74) is 12.1. The van der Waals surface area contributed by atoms with Gasteiger partial charge in [0.2, 0.25) is 0 Å². The number of para-hydroxylation sites is 2. The van der Waals surface area contributed by atoms with Crippen LogP contribution in [0.5, 0.6) is 0 Å². The molecule has 0 radical (unpaired) electrons. The largest absolute Gasteiger partial charge is 0.309 e. The van der Waals surface area contributed by atoms with Crippen molar-refractivity contribution in [2.24, 2.45) is 0 Å². The first-order chi connectivity index (χ1) is 30.7. The SMILES string of the molecule is c1ccc(-c2cc(-c3ccccc3)cc(-c3nc(-n4c5ccc(-n6c7ccccc7c7cc8ccccc8cc76)cc5c5cc6ccccc6cc54)c4ccccc4n3)c2)cc1. The highest BCUT2D eigenvalue weighted by atomic mass is 15.1. The van der Waals surface area contributed by atoms with E-state index in [-0.39, 0.29) is 0 Å². The molecule has 13 rings (SSSR count). The molecule has 4 heteroatoms. The summed E-state index contributed by atoms with van der Waals surface area (Å²) in [5, 5.41) is 10.7. The van der Waals surface area contributed by atoms with Gasteiger partial charge in [-0.3, -0.25) is 4.57 Å². The molecule has 0 N–H and O–H groups in total. The fraction of sp³-hybridized carbons (Fsp3) is 0. The van der Waals surface area contributed by atoms with E-state index in [4.69, 9.17) is 9.97 Å². The van der Waals surface area contributed by atoms with E-state index in [2.05, 4.69) is 228 Å². The molecule has 10 aromatic carbocycles. The molecule has 0 bridgehead atoms. The van der Waals surface area contributed by atoms with Gasteiger partial charge in [0.25, 0.3) is 0 Å². The second-order valence-electron chi connectivity index (χ2n) is 16.2. The molecule has 3 heterocycles. The molecule has 3 aromatic heterocycles. The van der Waals surface area contributed by atoms with E-state index in [0.717, 1.165) is 66.6 Å². The van der Waals surface area contributed by atoms with Gasteiger partial charge in [0, 0.05) is 38.2 Å². The molecular weight excluding hydrogens is 753 g/mol. The minimum absolute atomic E-state index is 0.679. The maximum atomic E-state index is 5.59. The van der Waals surface area contributed by atoms with Crippen LogP contribution in [0.1, 0.15) is 0 Å². The highest BCUT2D eigenvalue weighted by Gasteiger charge is 2.21. The normalized spacial score (nSPS) is 11.9. The van der Waals surface area contributed by atoms with E-state index >= 15 is 0 Å². The van der Waals surface area contributed by atoms with Gasteiger partial charge in [0.1, 0.15) is 5.82 Å². The molecule has 0 aliphatic rings. The van der Waals surface area contributed by atoms with Crippen molar-refractivity contribution in [3.05, 3.63) is 218 Å². The third-order valence-electron chi connectivity index (χ3n) is 12.6. The predicted octanol–water partition coefficient (Wildman–Crippen LogP) is 15.1. The molecule has 0 unspecified atom stereocenters. The Labute approximate surface area is 357 Å². The summed E-state index contributed by atoms with van der Waals surface area (Å²) in [6.07, 6.45) is 0. The van der Waals surface area contributed by atoms with Crippen LogP contribution in [-0.2, 0) is 0 Å². The molecule has 13 aromatic rings. The summed E-state index contributed by atoms with van der Waals surface area (Å²) in [7, 11) is 0. The fourth-order valence-corrected chi connectivity index (χ4v) is 9.70. The molecule has 0 amide bonds. The molecule has 288 valence electrons. The number of benzene rings is 10. The van der Waals surface area contributed by atoms with Gasteiger partial charge in [-0.2, -0.15) is 0 Å². The Balaban J connectivity index is 1.09. The number of fused-ring (bicyclic) bond motifs is 9. The summed E-state index contributed by atoms with van der Waals surface area (Å²) in [4.78, 5) is 10.9. The number of nitrogens with zero attached hydrogens (tertiary/aromatic N) is 4. The van der Waals surface area contributed by atoms with Crippen LogP contribution >= 0.6 is 0 Å². The van der Waals surface area contributed by atoms with Gasteiger partial charge in [-0.1, -0.05) is 140 Å². The highest BCUT2D eigenvalue weighted by Crippen LogP contribution is 2.41. The van der Waals surface area contributed by atoms with E-state index in [9.17, 15) is 0 Å². The summed E-state index contributed by atoms with van der Waals surface area (Å²) >= 11 is 0. The third-order valence-corrected chi connectivity index (χ3v) is 12.6. The van der Waals surface area contributed by atoms with Gasteiger partial charge in [-0.15, -0.1) is 0 Å². The van der Waals surface area contributed by atoms with Crippen molar-refractivity contribution in [1.82, 2.24) is 19.1 Å². The second-order valence-corrected chi connectivity index (χ2v) is 16.2. The summed E-state index contributed by atoms with van der Waals surface area (Å²) in [5.74, 6) is 1.53. The van der Waals surface area contributed by atoms with Crippen molar-refractivity contribution in [2.45, 2.75) is 0 Å². The van der Waals surface area contributed by atoms with Crippen LogP contribution < -0.4 is 0 Å². The standard InChI is InChI=1S/C58H36N4/c1-3-15-37(16-4-1)43-29-44(38-17-5-2-6-18-38)31-45(30-43)57-59-52-25-13-11-24-48(52)58(60-57)62-54-28-27-46(36-51(54)50-33-40-20-8-10-22-42(40)35-56(50)62)61-53-26-14-12-23-47(53)49-32-39-19-7-9-21-41(39)34-55(49)61/h1-36H. The van der Waals surface area contributed by atoms with E-state index in [1.807, 2.05) is 0 Å². The van der Waals surface area contributed by atoms with Gasteiger partial charge < -0.3 is 4.57 Å². The van der Waals surface area contributed by atoms with Gasteiger partial charge in [0.15, 0.2) is 5.82 Å². The van der Waals surface area contributed by atoms with Crippen LogP contribution in [0, 0.1) is 0 Å². The average molecular weight is 789 g/mol. The smallest absolute Gasteiger partial charge is 0.162 e. The predicted molar refractivity (Wildman–Crippen MR) is 260 cm³/mol. The van der Waals surface area contributed by atoms with E-state index in [1.165, 1.54) is 48.7 Å². The van der Waals surface area contributed by atoms with Crippen molar-refractivity contribution in [3.63, 3.8) is 0 Å². The molecule has 0 aliphatic heterocycles. The van der Waals surface area contributed by atoms with E-state index in [0.29, 0.717) is 5.82 Å². The summed E-state index contributed by atoms with van der Waals surface area (Å²) in [6.45, 7) is 0. The Morgan fingerprint density at radius 2 is 0.758 bits per heavy atom. The Morgan fingerprint density at radius 3 is 1.42 bits per heavy atom. The van der Waals surface area contributed by atoms with Crippen LogP contribution in [0.25, 0.3) is 121 Å². The van der Waals surface area contributed by atoms with E-state index < -0.39 is 0 Å². The van der Waals surface area contributed by atoms with Crippen LogP contribution in [0.3, 0.4) is 0 Å².